The predicted molar refractivity (Wildman–Crippen MR) is 76.1 cm³/mol. The summed E-state index contributed by atoms with van der Waals surface area (Å²) in [5, 5.41) is 18.5. The van der Waals surface area contributed by atoms with Gasteiger partial charge in [0.05, 0.1) is 6.61 Å². The van der Waals surface area contributed by atoms with Crippen molar-refractivity contribution in [3.8, 4) is 11.5 Å². The average molecular weight is 306 g/mol. The number of nitrogens with two attached hydrogens (primary N) is 1. The number of ether oxygens (including phenoxy) is 2. The van der Waals surface area contributed by atoms with Crippen molar-refractivity contribution in [1.82, 2.24) is 0 Å². The van der Waals surface area contributed by atoms with Crippen molar-refractivity contribution in [3.05, 3.63) is 23.8 Å². The number of phenols is 2. The Morgan fingerprint density at radius 2 is 2.00 bits per heavy atom. The molecule has 0 aliphatic heterocycles. The second-order valence-electron chi connectivity index (χ2n) is 4.34. The third kappa shape index (κ3) is 5.64. The molecule has 1 aromatic rings. The molecule has 6 nitrogen and oxygen atoms in total. The summed E-state index contributed by atoms with van der Waals surface area (Å²) < 4.78 is 9.93. The van der Waals surface area contributed by atoms with E-state index in [9.17, 15) is 15.0 Å². The lowest BCUT2D eigenvalue weighted by Crippen LogP contribution is -2.37. The van der Waals surface area contributed by atoms with Crippen molar-refractivity contribution in [2.75, 3.05) is 13.7 Å². The van der Waals surface area contributed by atoms with Crippen LogP contribution in [0.1, 0.15) is 12.5 Å². The number of benzene rings is 1. The molecule has 0 radical (unpaired) electrons. The van der Waals surface area contributed by atoms with Crippen LogP contribution in [0.2, 0.25) is 0 Å². The van der Waals surface area contributed by atoms with E-state index in [4.69, 9.17) is 15.2 Å². The van der Waals surface area contributed by atoms with Crippen LogP contribution in [0.3, 0.4) is 0 Å². The number of hydrogen-bond donors (Lipinski definition) is 3. The Morgan fingerprint density at radius 3 is 2.55 bits per heavy atom. The first-order chi connectivity index (χ1) is 8.93. The van der Waals surface area contributed by atoms with E-state index in [2.05, 4.69) is 0 Å². The molecule has 114 valence electrons. The molecule has 1 rings (SSSR count). The maximum atomic E-state index is 11.7. The summed E-state index contributed by atoms with van der Waals surface area (Å²) in [6.45, 7) is 2.01. The average Bonchev–Trinajstić information content (AvgIpc) is 2.34. The predicted octanol–water partition coefficient (Wildman–Crippen LogP) is 0.968. The summed E-state index contributed by atoms with van der Waals surface area (Å²) in [5.74, 6) is -0.989. The number of methoxy groups -OCH3 is 1. The van der Waals surface area contributed by atoms with Gasteiger partial charge in [0, 0.05) is 7.11 Å². The van der Waals surface area contributed by atoms with Gasteiger partial charge in [-0.2, -0.15) is 0 Å². The minimum atomic E-state index is -0.830. The van der Waals surface area contributed by atoms with Gasteiger partial charge in [0.25, 0.3) is 0 Å². The van der Waals surface area contributed by atoms with Gasteiger partial charge >= 0.3 is 5.97 Å². The van der Waals surface area contributed by atoms with E-state index < -0.39 is 12.0 Å². The van der Waals surface area contributed by atoms with Crippen molar-refractivity contribution < 1.29 is 24.5 Å². The van der Waals surface area contributed by atoms with Crippen LogP contribution in [0, 0.1) is 0 Å². The normalized spacial score (nSPS) is 13.2. The summed E-state index contributed by atoms with van der Waals surface area (Å²) in [6.07, 6.45) is -0.149. The number of carbonyl (C=O) groups excluding carboxylic acids is 1. The SMILES string of the molecule is COCC(C)OC(=O)C(N)Cc1ccc(O)c(O)c1.Cl. The molecule has 7 heteroatoms. The Bertz CT molecular complexity index is 441. The van der Waals surface area contributed by atoms with Gasteiger partial charge in [-0.3, -0.25) is 4.79 Å². The molecule has 0 aromatic heterocycles. The standard InChI is InChI=1S/C13H19NO5.ClH/c1-8(7-18-2)19-13(17)10(14)5-9-3-4-11(15)12(16)6-9;/h3-4,6,8,10,15-16H,5,7,14H2,1-2H3;1H. The second kappa shape index (κ2) is 8.63. The molecule has 0 heterocycles. The molecule has 0 saturated heterocycles. The summed E-state index contributed by atoms with van der Waals surface area (Å²) in [6, 6.07) is 3.46. The molecular formula is C13H20ClNO5. The molecule has 0 aliphatic rings. The topological polar surface area (TPSA) is 102 Å². The lowest BCUT2D eigenvalue weighted by molar-refractivity contribution is -0.152. The zero-order chi connectivity index (χ0) is 14.4. The highest BCUT2D eigenvalue weighted by molar-refractivity contribution is 5.85. The van der Waals surface area contributed by atoms with Crippen LogP contribution < -0.4 is 5.73 Å². The van der Waals surface area contributed by atoms with E-state index in [1.807, 2.05) is 0 Å². The number of rotatable bonds is 6. The van der Waals surface area contributed by atoms with Crippen molar-refractivity contribution in [1.29, 1.82) is 0 Å². The number of esters is 1. The largest absolute Gasteiger partial charge is 0.504 e. The van der Waals surface area contributed by atoms with E-state index in [1.165, 1.54) is 19.2 Å². The van der Waals surface area contributed by atoms with Crippen LogP contribution in [0.5, 0.6) is 11.5 Å². The van der Waals surface area contributed by atoms with Gasteiger partial charge in [-0.15, -0.1) is 12.4 Å². The van der Waals surface area contributed by atoms with Gasteiger partial charge < -0.3 is 25.4 Å². The van der Waals surface area contributed by atoms with Crippen LogP contribution in [-0.2, 0) is 20.7 Å². The van der Waals surface area contributed by atoms with Gasteiger partial charge in [-0.05, 0) is 31.0 Å². The summed E-state index contributed by atoms with van der Waals surface area (Å²) >= 11 is 0. The molecule has 0 fully saturated rings. The quantitative estimate of drug-likeness (QED) is 0.534. The van der Waals surface area contributed by atoms with Gasteiger partial charge in [-0.1, -0.05) is 6.07 Å². The summed E-state index contributed by atoms with van der Waals surface area (Å²) in [5.41, 5.74) is 6.36. The molecule has 0 aliphatic carbocycles. The molecule has 1 aromatic carbocycles. The fraction of sp³-hybridized carbons (Fsp3) is 0.462. The van der Waals surface area contributed by atoms with Crippen LogP contribution in [0.25, 0.3) is 0 Å². The van der Waals surface area contributed by atoms with Gasteiger partial charge in [0.1, 0.15) is 12.1 Å². The molecule has 4 N–H and O–H groups in total. The number of hydrogen-bond acceptors (Lipinski definition) is 6. The fourth-order valence-electron chi connectivity index (χ4n) is 1.59. The van der Waals surface area contributed by atoms with Gasteiger partial charge in [-0.25, -0.2) is 0 Å². The van der Waals surface area contributed by atoms with Crippen LogP contribution >= 0.6 is 12.4 Å². The monoisotopic (exact) mass is 305 g/mol. The second-order valence-corrected chi connectivity index (χ2v) is 4.34. The van der Waals surface area contributed by atoms with Gasteiger partial charge in [0.2, 0.25) is 0 Å². The Morgan fingerprint density at radius 1 is 1.35 bits per heavy atom. The summed E-state index contributed by atoms with van der Waals surface area (Å²) in [7, 11) is 1.52. The van der Waals surface area contributed by atoms with E-state index in [0.717, 1.165) is 0 Å². The minimum Gasteiger partial charge on any atom is -0.504 e. The molecule has 0 amide bonds. The van der Waals surface area contributed by atoms with Crippen molar-refractivity contribution >= 4 is 18.4 Å². The van der Waals surface area contributed by atoms with Crippen molar-refractivity contribution in [2.45, 2.75) is 25.5 Å². The third-order valence-electron chi connectivity index (χ3n) is 2.52. The zero-order valence-electron chi connectivity index (χ0n) is 11.4. The molecule has 2 unspecified atom stereocenters. The third-order valence-corrected chi connectivity index (χ3v) is 2.52. The Labute approximate surface area is 123 Å². The maximum Gasteiger partial charge on any atom is 0.323 e. The Balaban J connectivity index is 0.00000361. The molecule has 0 bridgehead atoms. The van der Waals surface area contributed by atoms with Gasteiger partial charge in [0.15, 0.2) is 11.5 Å². The first kappa shape index (κ1) is 18.5. The number of halogens is 1. The smallest absolute Gasteiger partial charge is 0.323 e. The summed E-state index contributed by atoms with van der Waals surface area (Å²) in [4.78, 5) is 11.7. The molecule has 2 atom stereocenters. The van der Waals surface area contributed by atoms with Crippen LogP contribution in [0.4, 0.5) is 0 Å². The number of carbonyl (C=O) groups is 1. The lowest BCUT2D eigenvalue weighted by atomic mass is 10.1. The first-order valence-corrected chi connectivity index (χ1v) is 5.90. The van der Waals surface area contributed by atoms with Crippen molar-refractivity contribution in [2.24, 2.45) is 5.73 Å². The zero-order valence-corrected chi connectivity index (χ0v) is 12.2. The van der Waals surface area contributed by atoms with Crippen molar-refractivity contribution in [3.63, 3.8) is 0 Å². The number of phenolic OH excluding ortho intramolecular Hbond substituents is 2. The highest BCUT2D eigenvalue weighted by atomic mass is 35.5. The van der Waals surface area contributed by atoms with E-state index in [0.29, 0.717) is 12.2 Å². The Kier molecular flexibility index (Phi) is 7.98. The number of aromatic hydroxyl groups is 2. The molecular weight excluding hydrogens is 286 g/mol. The molecule has 0 saturated carbocycles. The highest BCUT2D eigenvalue weighted by Crippen LogP contribution is 2.25. The first-order valence-electron chi connectivity index (χ1n) is 5.90. The maximum absolute atomic E-state index is 11.7. The lowest BCUT2D eigenvalue weighted by Gasteiger charge is -2.16. The molecule has 20 heavy (non-hydrogen) atoms. The van der Waals surface area contributed by atoms with E-state index in [-0.39, 0.29) is 36.4 Å². The van der Waals surface area contributed by atoms with E-state index in [1.54, 1.807) is 13.0 Å². The minimum absolute atomic E-state index is 0. The fourth-order valence-corrected chi connectivity index (χ4v) is 1.59. The molecule has 0 spiro atoms. The van der Waals surface area contributed by atoms with Crippen LogP contribution in [0.15, 0.2) is 18.2 Å². The highest BCUT2D eigenvalue weighted by Gasteiger charge is 2.18. The Hall–Kier alpha value is -1.50. The van der Waals surface area contributed by atoms with E-state index >= 15 is 0 Å². The van der Waals surface area contributed by atoms with Crippen LogP contribution in [-0.4, -0.2) is 42.0 Å².